The quantitative estimate of drug-likeness (QED) is 0.398. The van der Waals surface area contributed by atoms with Gasteiger partial charge in [-0.25, -0.2) is 4.98 Å². The van der Waals surface area contributed by atoms with Gasteiger partial charge in [0.25, 0.3) is 5.91 Å². The highest BCUT2D eigenvalue weighted by atomic mass is 35.5. The number of rotatable bonds is 9. The van der Waals surface area contributed by atoms with Crippen LogP contribution >= 0.6 is 23.2 Å². The van der Waals surface area contributed by atoms with Gasteiger partial charge in [0.1, 0.15) is 11.5 Å². The molecule has 2 aliphatic heterocycles. The molecule has 0 saturated carbocycles. The van der Waals surface area contributed by atoms with Crippen molar-refractivity contribution in [2.45, 2.75) is 32.8 Å². The molecule has 11 heteroatoms. The van der Waals surface area contributed by atoms with E-state index in [9.17, 15) is 9.90 Å². The van der Waals surface area contributed by atoms with E-state index in [0.29, 0.717) is 33.8 Å². The molecule has 9 nitrogen and oxygen atoms in total. The molecule has 1 fully saturated rings. The van der Waals surface area contributed by atoms with Crippen LogP contribution < -0.4 is 19.7 Å². The van der Waals surface area contributed by atoms with Crippen molar-refractivity contribution in [1.82, 2.24) is 19.8 Å². The molecular weight excluding hydrogens is 541 g/mol. The number of carbonyl (C=O) groups is 1. The number of fused-ring (bicyclic) bond motifs is 1. The van der Waals surface area contributed by atoms with Gasteiger partial charge in [0, 0.05) is 51.8 Å². The van der Waals surface area contributed by atoms with Crippen molar-refractivity contribution in [2.75, 3.05) is 51.0 Å². The summed E-state index contributed by atoms with van der Waals surface area (Å²) in [6.45, 7) is 7.85. The Morgan fingerprint density at radius 1 is 1.13 bits per heavy atom. The molecule has 2 aromatic carbocycles. The summed E-state index contributed by atoms with van der Waals surface area (Å²) in [4.78, 5) is 22.2. The van der Waals surface area contributed by atoms with Crippen LogP contribution in [0, 0.1) is 6.92 Å². The molecule has 1 atom stereocenters. The number of aromatic nitrogens is 2. The van der Waals surface area contributed by atoms with Gasteiger partial charge in [-0.15, -0.1) is 0 Å². The predicted molar refractivity (Wildman–Crippen MR) is 152 cm³/mol. The molecule has 1 aromatic heterocycles. The topological polar surface area (TPSA) is 92.1 Å². The van der Waals surface area contributed by atoms with Gasteiger partial charge < -0.3 is 29.4 Å². The molecule has 0 bridgehead atoms. The van der Waals surface area contributed by atoms with E-state index in [1.54, 1.807) is 6.07 Å². The molecule has 2 N–H and O–H groups in total. The largest absolute Gasteiger partial charge is 0.454 e. The van der Waals surface area contributed by atoms with Gasteiger partial charge >= 0.3 is 0 Å². The molecule has 0 spiro atoms. The Bertz CT molecular complexity index is 1340. The number of piperazine rings is 1. The van der Waals surface area contributed by atoms with Gasteiger partial charge in [-0.2, -0.15) is 0 Å². The van der Waals surface area contributed by atoms with Crippen LogP contribution in [-0.4, -0.2) is 77.6 Å². The number of aliphatic hydroxyl groups is 1. The first kappa shape index (κ1) is 27.6. The van der Waals surface area contributed by atoms with Gasteiger partial charge in [0.2, 0.25) is 6.79 Å². The Balaban J connectivity index is 1.18. The van der Waals surface area contributed by atoms with E-state index in [-0.39, 0.29) is 19.2 Å². The lowest BCUT2D eigenvalue weighted by Crippen LogP contribution is -2.50. The zero-order valence-electron chi connectivity index (χ0n) is 22.1. The predicted octanol–water partition coefficient (Wildman–Crippen LogP) is 4.08. The Hall–Kier alpha value is -2.98. The fourth-order valence-corrected chi connectivity index (χ4v) is 5.51. The highest BCUT2D eigenvalue weighted by Crippen LogP contribution is 2.35. The van der Waals surface area contributed by atoms with Crippen molar-refractivity contribution >= 4 is 34.8 Å². The molecule has 3 heterocycles. The average molecular weight is 575 g/mol. The Kier molecular flexibility index (Phi) is 8.52. The summed E-state index contributed by atoms with van der Waals surface area (Å²) in [5.74, 6) is 1.88. The fourth-order valence-electron chi connectivity index (χ4n) is 5.10. The second-order valence-corrected chi connectivity index (χ2v) is 10.6. The van der Waals surface area contributed by atoms with Crippen LogP contribution in [0.4, 0.5) is 5.69 Å². The standard InChI is InChI=1S/C28H33Cl2N5O4/c1-3-5-25-32-27(18(2)35(25)19-8-9-23-24(14-19)39-17-38-23)28(37)31-15-20(36)16-33-10-12-34(13-11-33)22-7-4-6-21(29)26(22)30/h4,6-9,14,20,36H,3,5,10-13,15-17H2,1-2H3,(H,31,37). The molecule has 39 heavy (non-hydrogen) atoms. The third-order valence-corrected chi connectivity index (χ3v) is 7.90. The number of nitrogens with one attached hydrogen (secondary N) is 1. The summed E-state index contributed by atoms with van der Waals surface area (Å²) in [5, 5.41) is 14.7. The maximum atomic E-state index is 13.1. The second-order valence-electron chi connectivity index (χ2n) is 9.81. The smallest absolute Gasteiger partial charge is 0.271 e. The maximum Gasteiger partial charge on any atom is 0.271 e. The summed E-state index contributed by atoms with van der Waals surface area (Å²) < 4.78 is 13.0. The van der Waals surface area contributed by atoms with Crippen molar-refractivity contribution < 1.29 is 19.4 Å². The number of β-amino-alcohol motifs (C(OH)–C–C–N with tert-alkyl or cyclic N) is 1. The molecule has 1 amide bonds. The molecule has 2 aliphatic rings. The monoisotopic (exact) mass is 573 g/mol. The third-order valence-electron chi connectivity index (χ3n) is 7.09. The number of nitrogens with zero attached hydrogens (tertiary/aromatic N) is 4. The van der Waals surface area contributed by atoms with Crippen molar-refractivity contribution in [3.8, 4) is 17.2 Å². The number of carbonyl (C=O) groups excluding carboxylic acids is 1. The number of ether oxygens (including phenoxy) is 2. The molecule has 1 saturated heterocycles. The Morgan fingerprint density at radius 3 is 2.67 bits per heavy atom. The molecule has 0 radical (unpaired) electrons. The van der Waals surface area contributed by atoms with E-state index in [2.05, 4.69) is 27.0 Å². The van der Waals surface area contributed by atoms with E-state index in [1.807, 2.05) is 41.8 Å². The molecule has 5 rings (SSSR count). The average Bonchev–Trinajstić information content (AvgIpc) is 3.53. The zero-order chi connectivity index (χ0) is 27.5. The maximum absolute atomic E-state index is 13.1. The lowest BCUT2D eigenvalue weighted by atomic mass is 10.2. The van der Waals surface area contributed by atoms with Gasteiger partial charge in [0.15, 0.2) is 11.5 Å². The van der Waals surface area contributed by atoms with Crippen LogP contribution in [0.25, 0.3) is 5.69 Å². The number of amides is 1. The molecule has 0 aliphatic carbocycles. The van der Waals surface area contributed by atoms with Gasteiger partial charge in [0.05, 0.1) is 33.2 Å². The fraction of sp³-hybridized carbons (Fsp3) is 0.429. The molecule has 3 aromatic rings. The van der Waals surface area contributed by atoms with E-state index in [4.69, 9.17) is 32.7 Å². The van der Waals surface area contributed by atoms with E-state index >= 15 is 0 Å². The van der Waals surface area contributed by atoms with Gasteiger partial charge in [-0.05, 0) is 37.6 Å². The summed E-state index contributed by atoms with van der Waals surface area (Å²) in [7, 11) is 0. The third kappa shape index (κ3) is 5.96. The second kappa shape index (κ2) is 12.0. The van der Waals surface area contributed by atoms with Gasteiger partial charge in [-0.3, -0.25) is 9.69 Å². The van der Waals surface area contributed by atoms with Crippen LogP contribution in [0.15, 0.2) is 36.4 Å². The number of halogens is 2. The normalized spacial score (nSPS) is 16.0. The SMILES string of the molecule is CCCc1nc(C(=O)NCC(O)CN2CCN(c3cccc(Cl)c3Cl)CC2)c(C)n1-c1ccc2c(c1)OCO2. The first-order valence-electron chi connectivity index (χ1n) is 13.2. The Morgan fingerprint density at radius 2 is 1.90 bits per heavy atom. The minimum Gasteiger partial charge on any atom is -0.454 e. The van der Waals surface area contributed by atoms with Crippen LogP contribution in [-0.2, 0) is 6.42 Å². The number of benzene rings is 2. The van der Waals surface area contributed by atoms with Gasteiger partial charge in [-0.1, -0.05) is 36.2 Å². The number of hydrogen-bond donors (Lipinski definition) is 2. The molecular formula is C28H33Cl2N5O4. The number of hydrogen-bond acceptors (Lipinski definition) is 7. The lowest BCUT2D eigenvalue weighted by molar-refractivity contribution is 0.0847. The van der Waals surface area contributed by atoms with E-state index in [1.165, 1.54) is 0 Å². The van der Waals surface area contributed by atoms with E-state index < -0.39 is 6.10 Å². The number of aliphatic hydroxyl groups excluding tert-OH is 1. The first-order valence-corrected chi connectivity index (χ1v) is 14.0. The van der Waals surface area contributed by atoms with Crippen molar-refractivity contribution in [2.24, 2.45) is 0 Å². The van der Waals surface area contributed by atoms with Crippen LogP contribution in [0.3, 0.4) is 0 Å². The van der Waals surface area contributed by atoms with Crippen molar-refractivity contribution in [1.29, 1.82) is 0 Å². The first-order chi connectivity index (χ1) is 18.9. The lowest BCUT2D eigenvalue weighted by Gasteiger charge is -2.37. The summed E-state index contributed by atoms with van der Waals surface area (Å²) in [6.07, 6.45) is 0.899. The van der Waals surface area contributed by atoms with Crippen molar-refractivity contribution in [3.63, 3.8) is 0 Å². The van der Waals surface area contributed by atoms with E-state index in [0.717, 1.165) is 61.9 Å². The summed E-state index contributed by atoms with van der Waals surface area (Å²) in [6, 6.07) is 11.4. The summed E-state index contributed by atoms with van der Waals surface area (Å²) >= 11 is 12.6. The minimum atomic E-state index is -0.707. The van der Waals surface area contributed by atoms with Crippen LogP contribution in [0.1, 0.15) is 35.4 Å². The highest BCUT2D eigenvalue weighted by molar-refractivity contribution is 6.43. The number of imidazole rings is 1. The molecule has 208 valence electrons. The van der Waals surface area contributed by atoms with Crippen LogP contribution in [0.5, 0.6) is 11.5 Å². The minimum absolute atomic E-state index is 0.138. The highest BCUT2D eigenvalue weighted by Gasteiger charge is 2.24. The molecule has 1 unspecified atom stereocenters. The number of aryl methyl sites for hydroxylation is 1. The van der Waals surface area contributed by atoms with Crippen molar-refractivity contribution in [3.05, 3.63) is 63.7 Å². The summed E-state index contributed by atoms with van der Waals surface area (Å²) in [5.41, 5.74) is 2.88. The van der Waals surface area contributed by atoms with Crippen LogP contribution in [0.2, 0.25) is 10.0 Å². The number of anilines is 1. The Labute approximate surface area is 238 Å². The zero-order valence-corrected chi connectivity index (χ0v) is 23.6.